The van der Waals surface area contributed by atoms with E-state index >= 15 is 0 Å². The third-order valence-electron chi connectivity index (χ3n) is 3.05. The van der Waals surface area contributed by atoms with Crippen LogP contribution in [0.1, 0.15) is 33.4 Å². The first-order valence-electron chi connectivity index (χ1n) is 6.56. The highest BCUT2D eigenvalue weighted by Gasteiger charge is 2.32. The van der Waals surface area contributed by atoms with Gasteiger partial charge in [-0.1, -0.05) is 12.1 Å². The molecule has 0 saturated carbocycles. The van der Waals surface area contributed by atoms with Crippen LogP contribution < -0.4 is 0 Å². The maximum Gasteiger partial charge on any atom is 0.416 e. The number of carbonyl (C=O) groups excluding carboxylic acids is 1. The summed E-state index contributed by atoms with van der Waals surface area (Å²) in [6.45, 7) is 4.95. The molecule has 118 valence electrons. The number of rotatable bonds is 3. The van der Waals surface area contributed by atoms with Gasteiger partial charge in [0.2, 0.25) is 0 Å². The number of benzene rings is 1. The minimum atomic E-state index is -4.42. The van der Waals surface area contributed by atoms with Crippen LogP contribution in [0.15, 0.2) is 18.2 Å². The normalized spacial score (nSPS) is 11.5. The lowest BCUT2D eigenvalue weighted by Crippen LogP contribution is -2.07. The summed E-state index contributed by atoms with van der Waals surface area (Å²) in [7, 11) is 0. The van der Waals surface area contributed by atoms with Gasteiger partial charge in [-0.05, 0) is 32.4 Å². The second kappa shape index (κ2) is 6.08. The Hall–Kier alpha value is -1.89. The summed E-state index contributed by atoms with van der Waals surface area (Å²) in [5, 5.41) is 0.367. The predicted molar refractivity (Wildman–Crippen MR) is 78.0 cm³/mol. The zero-order chi connectivity index (χ0) is 16.5. The van der Waals surface area contributed by atoms with Crippen LogP contribution in [0, 0.1) is 13.8 Å². The van der Waals surface area contributed by atoms with E-state index in [9.17, 15) is 18.0 Å². The molecule has 0 bridgehead atoms. The maximum atomic E-state index is 13.0. The zero-order valence-electron chi connectivity index (χ0n) is 12.2. The number of esters is 1. The topological polar surface area (TPSA) is 39.2 Å². The van der Waals surface area contributed by atoms with Gasteiger partial charge in [0.25, 0.3) is 0 Å². The Morgan fingerprint density at radius 1 is 1.32 bits per heavy atom. The van der Waals surface area contributed by atoms with Crippen LogP contribution in [0.3, 0.4) is 0 Å². The van der Waals surface area contributed by atoms with Gasteiger partial charge in [-0.2, -0.15) is 13.2 Å². The van der Waals surface area contributed by atoms with E-state index in [0.717, 1.165) is 17.4 Å². The molecule has 0 amide bonds. The van der Waals surface area contributed by atoms with Gasteiger partial charge in [-0.25, -0.2) is 9.78 Å². The molecule has 1 heterocycles. The third kappa shape index (κ3) is 3.30. The van der Waals surface area contributed by atoms with E-state index in [4.69, 9.17) is 4.74 Å². The van der Waals surface area contributed by atoms with Gasteiger partial charge in [-0.3, -0.25) is 0 Å². The lowest BCUT2D eigenvalue weighted by atomic mass is 10.0. The summed E-state index contributed by atoms with van der Waals surface area (Å²) in [6.07, 6.45) is -4.42. The molecule has 0 N–H and O–H groups in total. The van der Waals surface area contributed by atoms with Crippen molar-refractivity contribution in [3.05, 3.63) is 39.9 Å². The van der Waals surface area contributed by atoms with Crippen molar-refractivity contribution in [1.82, 2.24) is 4.98 Å². The van der Waals surface area contributed by atoms with Crippen LogP contribution in [0.2, 0.25) is 0 Å². The van der Waals surface area contributed by atoms with E-state index in [-0.39, 0.29) is 12.2 Å². The number of halogens is 3. The lowest BCUT2D eigenvalue weighted by Gasteiger charge is -2.11. The first-order chi connectivity index (χ1) is 10.2. The summed E-state index contributed by atoms with van der Waals surface area (Å²) >= 11 is 1.03. The van der Waals surface area contributed by atoms with Gasteiger partial charge in [0, 0.05) is 5.56 Å². The molecular formula is C15H14F3NO2S. The van der Waals surface area contributed by atoms with E-state index in [0.29, 0.717) is 21.1 Å². The number of aromatic nitrogens is 1. The smallest absolute Gasteiger partial charge is 0.416 e. The summed E-state index contributed by atoms with van der Waals surface area (Å²) in [4.78, 5) is 16.3. The Kier molecular flexibility index (Phi) is 4.55. The monoisotopic (exact) mass is 329 g/mol. The molecule has 0 atom stereocenters. The number of ether oxygens (including phenoxy) is 1. The molecule has 0 spiro atoms. The predicted octanol–water partition coefficient (Wildman–Crippen LogP) is 4.62. The average Bonchev–Trinajstić information content (AvgIpc) is 2.80. The molecule has 0 aliphatic rings. The molecule has 0 unspecified atom stereocenters. The molecule has 0 aliphatic carbocycles. The third-order valence-corrected chi connectivity index (χ3v) is 4.23. The standard InChI is InChI=1S/C15H14F3NO2S/c1-4-21-14(20)12-9(3)19-13(22-12)10-6-5-8(2)11(7-10)15(16,17)18/h5-7H,4H2,1-3H3. The van der Waals surface area contributed by atoms with Crippen LogP contribution in [-0.2, 0) is 10.9 Å². The Labute approximate surface area is 129 Å². The van der Waals surface area contributed by atoms with Crippen LogP contribution in [0.25, 0.3) is 10.6 Å². The number of hydrogen-bond acceptors (Lipinski definition) is 4. The van der Waals surface area contributed by atoms with Crippen LogP contribution in [-0.4, -0.2) is 17.6 Å². The number of hydrogen-bond donors (Lipinski definition) is 0. The molecule has 0 radical (unpaired) electrons. The Bertz CT molecular complexity index is 707. The number of carbonyl (C=O) groups is 1. The summed E-state index contributed by atoms with van der Waals surface area (Å²) in [5.41, 5.74) is 0.236. The van der Waals surface area contributed by atoms with Gasteiger partial charge in [0.15, 0.2) is 0 Å². The van der Waals surface area contributed by atoms with Crippen molar-refractivity contribution in [2.24, 2.45) is 0 Å². The van der Waals surface area contributed by atoms with E-state index < -0.39 is 17.7 Å². The van der Waals surface area contributed by atoms with Gasteiger partial charge < -0.3 is 4.74 Å². The molecule has 1 aromatic carbocycles. The molecule has 0 fully saturated rings. The number of nitrogens with zero attached hydrogens (tertiary/aromatic N) is 1. The number of alkyl halides is 3. The second-order valence-electron chi connectivity index (χ2n) is 4.68. The molecule has 2 aromatic rings. The fourth-order valence-electron chi connectivity index (χ4n) is 1.97. The van der Waals surface area contributed by atoms with Crippen molar-refractivity contribution < 1.29 is 22.7 Å². The van der Waals surface area contributed by atoms with Crippen molar-refractivity contribution in [2.45, 2.75) is 26.9 Å². The summed E-state index contributed by atoms with van der Waals surface area (Å²) < 4.78 is 43.8. The first-order valence-corrected chi connectivity index (χ1v) is 7.38. The molecule has 0 aliphatic heterocycles. The minimum absolute atomic E-state index is 0.148. The highest BCUT2D eigenvalue weighted by molar-refractivity contribution is 7.17. The molecule has 3 nitrogen and oxygen atoms in total. The fraction of sp³-hybridized carbons (Fsp3) is 0.333. The highest BCUT2D eigenvalue weighted by Crippen LogP contribution is 2.36. The fourth-order valence-corrected chi connectivity index (χ4v) is 2.92. The quantitative estimate of drug-likeness (QED) is 0.771. The largest absolute Gasteiger partial charge is 0.462 e. The van der Waals surface area contributed by atoms with E-state index in [1.165, 1.54) is 13.0 Å². The molecule has 2 rings (SSSR count). The van der Waals surface area contributed by atoms with Crippen molar-refractivity contribution in [1.29, 1.82) is 0 Å². The SMILES string of the molecule is CCOC(=O)c1sc(-c2ccc(C)c(C(F)(F)F)c2)nc1C. The van der Waals surface area contributed by atoms with Gasteiger partial charge >= 0.3 is 12.1 Å². The highest BCUT2D eigenvalue weighted by atomic mass is 32.1. The number of aryl methyl sites for hydroxylation is 2. The second-order valence-corrected chi connectivity index (χ2v) is 5.68. The summed E-state index contributed by atoms with van der Waals surface area (Å²) in [6, 6.07) is 4.03. The van der Waals surface area contributed by atoms with Crippen LogP contribution in [0.4, 0.5) is 13.2 Å². The molecular weight excluding hydrogens is 315 g/mol. The molecule has 7 heteroatoms. The number of thiazole rings is 1. The lowest BCUT2D eigenvalue weighted by molar-refractivity contribution is -0.138. The van der Waals surface area contributed by atoms with Gasteiger partial charge in [0.05, 0.1) is 17.9 Å². The molecule has 1 aromatic heterocycles. The molecule has 0 saturated heterocycles. The van der Waals surface area contributed by atoms with Crippen molar-refractivity contribution in [2.75, 3.05) is 6.61 Å². The van der Waals surface area contributed by atoms with Crippen LogP contribution in [0.5, 0.6) is 0 Å². The Morgan fingerprint density at radius 2 is 2.00 bits per heavy atom. The minimum Gasteiger partial charge on any atom is -0.462 e. The van der Waals surface area contributed by atoms with E-state index in [1.54, 1.807) is 19.9 Å². The summed E-state index contributed by atoms with van der Waals surface area (Å²) in [5.74, 6) is -0.507. The Morgan fingerprint density at radius 3 is 2.59 bits per heavy atom. The average molecular weight is 329 g/mol. The van der Waals surface area contributed by atoms with E-state index in [1.807, 2.05) is 0 Å². The van der Waals surface area contributed by atoms with Crippen molar-refractivity contribution in [3.63, 3.8) is 0 Å². The first kappa shape index (κ1) is 16.5. The van der Waals surface area contributed by atoms with Crippen molar-refractivity contribution in [3.8, 4) is 10.6 Å². The molecule has 22 heavy (non-hydrogen) atoms. The van der Waals surface area contributed by atoms with E-state index in [2.05, 4.69) is 4.98 Å². The zero-order valence-corrected chi connectivity index (χ0v) is 13.1. The van der Waals surface area contributed by atoms with Crippen molar-refractivity contribution >= 4 is 17.3 Å². The van der Waals surface area contributed by atoms with Gasteiger partial charge in [-0.15, -0.1) is 11.3 Å². The Balaban J connectivity index is 2.45. The maximum absolute atomic E-state index is 13.0. The van der Waals surface area contributed by atoms with Gasteiger partial charge in [0.1, 0.15) is 9.88 Å². The van der Waals surface area contributed by atoms with Crippen LogP contribution >= 0.6 is 11.3 Å².